The van der Waals surface area contributed by atoms with Gasteiger partial charge in [-0.15, -0.1) is 0 Å². The van der Waals surface area contributed by atoms with Gasteiger partial charge in [-0.2, -0.15) is 0 Å². The predicted molar refractivity (Wildman–Crippen MR) is 110 cm³/mol. The highest BCUT2D eigenvalue weighted by Gasteiger charge is 2.21. The number of hydrogen-bond acceptors (Lipinski definition) is 5. The van der Waals surface area contributed by atoms with Crippen LogP contribution in [0.25, 0.3) is 11.0 Å². The van der Waals surface area contributed by atoms with Crippen LogP contribution >= 0.6 is 21.6 Å². The third kappa shape index (κ3) is 4.56. The van der Waals surface area contributed by atoms with Crippen LogP contribution in [0.2, 0.25) is 0 Å². The standard InChI is InChI=1S/C19H25N3O2S2/c23-18(6-2-1-4-14-9-11-25-26-14)20-13-7-8-15-16(12-13)22-19(21-15)17-5-3-10-24-17/h7-8,12,14,17H,1-6,9-11H2,(H,20,23)(H,21,22)/t14-,17?/m0/s1. The first-order valence-corrected chi connectivity index (χ1v) is 11.9. The Morgan fingerprint density at radius 3 is 3.12 bits per heavy atom. The van der Waals surface area contributed by atoms with Gasteiger partial charge in [-0.05, 0) is 50.3 Å². The number of unbranched alkanes of at least 4 members (excludes halogenated alkanes) is 1. The highest BCUT2D eigenvalue weighted by atomic mass is 33.1. The van der Waals surface area contributed by atoms with Crippen LogP contribution in [-0.4, -0.2) is 33.5 Å². The molecule has 0 radical (unpaired) electrons. The lowest BCUT2D eigenvalue weighted by Crippen LogP contribution is -2.11. The molecule has 26 heavy (non-hydrogen) atoms. The number of H-pyrrole nitrogens is 1. The van der Waals surface area contributed by atoms with Crippen molar-refractivity contribution in [2.75, 3.05) is 17.7 Å². The first-order chi connectivity index (χ1) is 12.8. The number of benzene rings is 1. The van der Waals surface area contributed by atoms with E-state index in [0.29, 0.717) is 6.42 Å². The second kappa shape index (κ2) is 8.67. The first-order valence-electron chi connectivity index (χ1n) is 9.47. The van der Waals surface area contributed by atoms with E-state index in [4.69, 9.17) is 4.74 Å². The van der Waals surface area contributed by atoms with Crippen molar-refractivity contribution in [3.8, 4) is 0 Å². The Bertz CT molecular complexity index is 752. The van der Waals surface area contributed by atoms with E-state index in [0.717, 1.165) is 60.1 Å². The molecule has 4 rings (SSSR count). The SMILES string of the molecule is O=C(CCCC[C@H]1CCSS1)Nc1ccc2nc(C3CCCO3)[nH]c2c1. The quantitative estimate of drug-likeness (QED) is 0.510. The summed E-state index contributed by atoms with van der Waals surface area (Å²) >= 11 is 0. The fourth-order valence-corrected chi connectivity index (χ4v) is 6.53. The largest absolute Gasteiger partial charge is 0.370 e. The van der Waals surface area contributed by atoms with Crippen LogP contribution in [0.1, 0.15) is 56.9 Å². The maximum Gasteiger partial charge on any atom is 0.224 e. The molecule has 2 saturated heterocycles. The summed E-state index contributed by atoms with van der Waals surface area (Å²) in [5.74, 6) is 2.26. The molecule has 0 bridgehead atoms. The molecule has 0 spiro atoms. The minimum Gasteiger partial charge on any atom is -0.370 e. The molecule has 1 amide bonds. The lowest BCUT2D eigenvalue weighted by Gasteiger charge is -2.07. The van der Waals surface area contributed by atoms with Crippen LogP contribution in [0.5, 0.6) is 0 Å². The molecule has 0 saturated carbocycles. The highest BCUT2D eigenvalue weighted by molar-refractivity contribution is 8.77. The zero-order chi connectivity index (χ0) is 17.8. The van der Waals surface area contributed by atoms with Gasteiger partial charge in [0.25, 0.3) is 0 Å². The van der Waals surface area contributed by atoms with Gasteiger partial charge in [-0.3, -0.25) is 4.79 Å². The van der Waals surface area contributed by atoms with Gasteiger partial charge in [-0.1, -0.05) is 28.0 Å². The summed E-state index contributed by atoms with van der Waals surface area (Å²) in [4.78, 5) is 20.2. The molecule has 2 N–H and O–H groups in total. The minimum absolute atomic E-state index is 0.0804. The summed E-state index contributed by atoms with van der Waals surface area (Å²) in [6, 6.07) is 5.84. The number of imidazole rings is 1. The van der Waals surface area contributed by atoms with Gasteiger partial charge in [0.1, 0.15) is 11.9 Å². The molecular weight excluding hydrogens is 366 g/mol. The van der Waals surface area contributed by atoms with E-state index in [1.165, 1.54) is 18.6 Å². The van der Waals surface area contributed by atoms with Gasteiger partial charge in [0.15, 0.2) is 0 Å². The normalized spacial score (nSPS) is 22.9. The number of aromatic amines is 1. The Kier molecular flexibility index (Phi) is 6.07. The number of ether oxygens (including phenoxy) is 1. The molecule has 1 unspecified atom stereocenters. The summed E-state index contributed by atoms with van der Waals surface area (Å²) in [7, 11) is 3.99. The zero-order valence-electron chi connectivity index (χ0n) is 14.8. The second-order valence-corrected chi connectivity index (χ2v) is 9.77. The third-order valence-corrected chi connectivity index (χ3v) is 7.93. The van der Waals surface area contributed by atoms with E-state index in [9.17, 15) is 4.79 Å². The van der Waals surface area contributed by atoms with Crippen molar-refractivity contribution >= 4 is 44.2 Å². The highest BCUT2D eigenvalue weighted by Crippen LogP contribution is 2.39. The molecule has 2 aliphatic rings. The van der Waals surface area contributed by atoms with Gasteiger partial charge in [0.2, 0.25) is 5.91 Å². The molecule has 0 aliphatic carbocycles. The number of carbonyl (C=O) groups is 1. The van der Waals surface area contributed by atoms with Crippen molar-refractivity contribution in [2.24, 2.45) is 0 Å². The van der Waals surface area contributed by atoms with Crippen molar-refractivity contribution in [1.29, 1.82) is 0 Å². The summed E-state index contributed by atoms with van der Waals surface area (Å²) < 4.78 is 5.69. The monoisotopic (exact) mass is 391 g/mol. The topological polar surface area (TPSA) is 67.0 Å². The average Bonchev–Trinajstić information content (AvgIpc) is 3.39. The van der Waals surface area contributed by atoms with Crippen molar-refractivity contribution < 1.29 is 9.53 Å². The summed E-state index contributed by atoms with van der Waals surface area (Å²) in [5, 5.41) is 3.81. The molecule has 2 aliphatic heterocycles. The van der Waals surface area contributed by atoms with Crippen LogP contribution in [0.3, 0.4) is 0 Å². The molecular formula is C19H25N3O2S2. The molecule has 2 fully saturated rings. The number of nitrogens with zero attached hydrogens (tertiary/aromatic N) is 1. The van der Waals surface area contributed by atoms with Crippen LogP contribution < -0.4 is 5.32 Å². The van der Waals surface area contributed by atoms with Crippen molar-refractivity contribution in [1.82, 2.24) is 9.97 Å². The molecule has 140 valence electrons. The van der Waals surface area contributed by atoms with Gasteiger partial charge in [-0.25, -0.2) is 4.98 Å². The summed E-state index contributed by atoms with van der Waals surface area (Å²) in [5.41, 5.74) is 2.69. The molecule has 3 heterocycles. The van der Waals surface area contributed by atoms with E-state index < -0.39 is 0 Å². The number of carbonyl (C=O) groups excluding carboxylic acids is 1. The number of aromatic nitrogens is 2. The molecule has 2 atom stereocenters. The lowest BCUT2D eigenvalue weighted by atomic mass is 10.1. The van der Waals surface area contributed by atoms with Crippen LogP contribution in [-0.2, 0) is 9.53 Å². The number of nitrogens with one attached hydrogen (secondary N) is 2. The van der Waals surface area contributed by atoms with Gasteiger partial charge >= 0.3 is 0 Å². The summed E-state index contributed by atoms with van der Waals surface area (Å²) in [6.07, 6.45) is 7.42. The Balaban J connectivity index is 1.28. The zero-order valence-corrected chi connectivity index (χ0v) is 16.5. The average molecular weight is 392 g/mol. The Morgan fingerprint density at radius 1 is 1.35 bits per heavy atom. The molecule has 7 heteroatoms. The third-order valence-electron chi connectivity index (χ3n) is 4.93. The maximum absolute atomic E-state index is 12.2. The van der Waals surface area contributed by atoms with Crippen LogP contribution in [0.4, 0.5) is 5.69 Å². The Morgan fingerprint density at radius 2 is 2.31 bits per heavy atom. The van der Waals surface area contributed by atoms with Crippen molar-refractivity contribution in [2.45, 2.75) is 56.3 Å². The minimum atomic E-state index is 0.0804. The van der Waals surface area contributed by atoms with E-state index in [1.54, 1.807) is 0 Å². The van der Waals surface area contributed by atoms with E-state index in [1.807, 2.05) is 39.8 Å². The molecule has 2 aromatic rings. The number of fused-ring (bicyclic) bond motifs is 1. The number of hydrogen-bond donors (Lipinski definition) is 2. The fourth-order valence-electron chi connectivity index (χ4n) is 3.50. The summed E-state index contributed by atoms with van der Waals surface area (Å²) in [6.45, 7) is 0.807. The van der Waals surface area contributed by atoms with Gasteiger partial charge in [0.05, 0.1) is 11.0 Å². The second-order valence-electron chi connectivity index (χ2n) is 6.98. The lowest BCUT2D eigenvalue weighted by molar-refractivity contribution is -0.116. The van der Waals surface area contributed by atoms with E-state index in [2.05, 4.69) is 15.3 Å². The maximum atomic E-state index is 12.2. The van der Waals surface area contributed by atoms with Gasteiger partial charge in [0, 0.05) is 29.7 Å². The fraction of sp³-hybridized carbons (Fsp3) is 0.579. The van der Waals surface area contributed by atoms with Crippen molar-refractivity contribution in [3.63, 3.8) is 0 Å². The molecule has 5 nitrogen and oxygen atoms in total. The predicted octanol–water partition coefficient (Wildman–Crippen LogP) is 5.07. The van der Waals surface area contributed by atoms with Crippen molar-refractivity contribution in [3.05, 3.63) is 24.0 Å². The van der Waals surface area contributed by atoms with Gasteiger partial charge < -0.3 is 15.0 Å². The first kappa shape index (κ1) is 18.2. The smallest absolute Gasteiger partial charge is 0.224 e. The number of rotatable bonds is 7. The Hall–Kier alpha value is -1.18. The Labute approximate surface area is 161 Å². The van der Waals surface area contributed by atoms with E-state index >= 15 is 0 Å². The number of amides is 1. The van der Waals surface area contributed by atoms with Crippen LogP contribution in [0.15, 0.2) is 18.2 Å². The number of anilines is 1. The molecule has 1 aromatic heterocycles. The van der Waals surface area contributed by atoms with E-state index in [-0.39, 0.29) is 12.0 Å². The molecule has 1 aromatic carbocycles. The van der Waals surface area contributed by atoms with Crippen LogP contribution in [0, 0.1) is 0 Å².